The number of hydrogen-bond donors (Lipinski definition) is 3. The van der Waals surface area contributed by atoms with Crippen LogP contribution in [0.5, 0.6) is 0 Å². The van der Waals surface area contributed by atoms with Crippen LogP contribution in [-0.4, -0.2) is 41.6 Å². The highest BCUT2D eigenvalue weighted by Crippen LogP contribution is 2.30. The Balaban J connectivity index is 1.86. The second-order valence-corrected chi connectivity index (χ2v) is 6.86. The number of anilines is 1. The van der Waals surface area contributed by atoms with Crippen LogP contribution in [0.25, 0.3) is 0 Å². The maximum absolute atomic E-state index is 12.7. The zero-order valence-corrected chi connectivity index (χ0v) is 14.4. The summed E-state index contributed by atoms with van der Waals surface area (Å²) in [6, 6.07) is 4.51. The summed E-state index contributed by atoms with van der Waals surface area (Å²) in [5.74, 6) is -1.55. The first-order chi connectivity index (χ1) is 11.9. The van der Waals surface area contributed by atoms with Crippen LogP contribution >= 0.6 is 11.6 Å². The first-order valence-electron chi connectivity index (χ1n) is 8.34. The molecule has 3 amide bonds. The van der Waals surface area contributed by atoms with Crippen molar-refractivity contribution in [3.05, 3.63) is 28.8 Å². The van der Waals surface area contributed by atoms with Gasteiger partial charge in [-0.1, -0.05) is 30.9 Å². The van der Waals surface area contributed by atoms with Gasteiger partial charge in [-0.05, 0) is 31.0 Å². The molecule has 3 rings (SSSR count). The van der Waals surface area contributed by atoms with Gasteiger partial charge in [-0.15, -0.1) is 0 Å². The molecule has 0 spiro atoms. The van der Waals surface area contributed by atoms with Crippen LogP contribution in [0.1, 0.15) is 42.5 Å². The smallest absolute Gasteiger partial charge is 0.329 e. The monoisotopic (exact) mass is 365 g/mol. The van der Waals surface area contributed by atoms with E-state index in [0.717, 1.165) is 19.3 Å². The number of rotatable bonds is 4. The second-order valence-electron chi connectivity index (χ2n) is 6.45. The first-order valence-corrected chi connectivity index (χ1v) is 8.72. The van der Waals surface area contributed by atoms with Crippen molar-refractivity contribution in [1.82, 2.24) is 10.6 Å². The number of carboxylic acid groups (broad SMARTS) is 1. The molecule has 1 aromatic rings. The van der Waals surface area contributed by atoms with E-state index in [-0.39, 0.29) is 16.6 Å². The SMILES string of the molecule is O=C(NC1(C(=O)O)CCCCC1)c1cc(N2CCNC2=O)ccc1Cl. The minimum atomic E-state index is -1.25. The summed E-state index contributed by atoms with van der Waals surface area (Å²) in [5, 5.41) is 15.2. The van der Waals surface area contributed by atoms with Gasteiger partial charge >= 0.3 is 12.0 Å². The molecule has 1 saturated carbocycles. The topological polar surface area (TPSA) is 98.7 Å². The van der Waals surface area contributed by atoms with E-state index >= 15 is 0 Å². The average molecular weight is 366 g/mol. The summed E-state index contributed by atoms with van der Waals surface area (Å²) in [5.41, 5.74) is -0.526. The Bertz CT molecular complexity index is 716. The number of aliphatic carboxylic acids is 1. The van der Waals surface area contributed by atoms with E-state index in [1.54, 1.807) is 12.1 Å². The summed E-state index contributed by atoms with van der Waals surface area (Å²) < 4.78 is 0. The third-order valence-electron chi connectivity index (χ3n) is 4.83. The van der Waals surface area contributed by atoms with Crippen molar-refractivity contribution < 1.29 is 19.5 Å². The van der Waals surface area contributed by atoms with Crippen LogP contribution in [0.15, 0.2) is 18.2 Å². The van der Waals surface area contributed by atoms with Crippen LogP contribution in [0.4, 0.5) is 10.5 Å². The third kappa shape index (κ3) is 3.42. The molecule has 8 heteroatoms. The lowest BCUT2D eigenvalue weighted by Crippen LogP contribution is -2.55. The zero-order chi connectivity index (χ0) is 18.0. The summed E-state index contributed by atoms with van der Waals surface area (Å²) >= 11 is 6.15. The lowest BCUT2D eigenvalue weighted by Gasteiger charge is -2.34. The van der Waals surface area contributed by atoms with E-state index in [1.165, 1.54) is 11.0 Å². The van der Waals surface area contributed by atoms with Crippen LogP contribution < -0.4 is 15.5 Å². The van der Waals surface area contributed by atoms with Crippen molar-refractivity contribution in [2.75, 3.05) is 18.0 Å². The van der Waals surface area contributed by atoms with Gasteiger partial charge in [0, 0.05) is 18.8 Å². The minimum absolute atomic E-state index is 0.171. The highest BCUT2D eigenvalue weighted by atomic mass is 35.5. The summed E-state index contributed by atoms with van der Waals surface area (Å²) in [6.07, 6.45) is 3.29. The number of benzene rings is 1. The maximum atomic E-state index is 12.7. The van der Waals surface area contributed by atoms with Crippen molar-refractivity contribution in [2.45, 2.75) is 37.6 Å². The van der Waals surface area contributed by atoms with Gasteiger partial charge < -0.3 is 15.7 Å². The molecule has 134 valence electrons. The predicted molar refractivity (Wildman–Crippen MR) is 93.1 cm³/mol. The van der Waals surface area contributed by atoms with Crippen LogP contribution in [0.3, 0.4) is 0 Å². The molecular formula is C17H20ClN3O4. The molecule has 2 aliphatic rings. The average Bonchev–Trinajstić information content (AvgIpc) is 3.02. The number of carbonyl (C=O) groups is 3. The molecular weight excluding hydrogens is 346 g/mol. The van der Waals surface area contributed by atoms with Crippen LogP contribution in [0, 0.1) is 0 Å². The maximum Gasteiger partial charge on any atom is 0.329 e. The van der Waals surface area contributed by atoms with Gasteiger partial charge in [0.1, 0.15) is 5.54 Å². The molecule has 1 saturated heterocycles. The van der Waals surface area contributed by atoms with E-state index in [4.69, 9.17) is 11.6 Å². The highest BCUT2D eigenvalue weighted by molar-refractivity contribution is 6.34. The Hall–Kier alpha value is -2.28. The lowest BCUT2D eigenvalue weighted by atomic mass is 9.81. The first kappa shape index (κ1) is 17.5. The number of carboxylic acids is 1. The van der Waals surface area contributed by atoms with Crippen molar-refractivity contribution in [3.63, 3.8) is 0 Å². The molecule has 0 atom stereocenters. The standard InChI is InChI=1S/C17H20ClN3O4/c18-13-5-4-11(21-9-8-19-16(21)25)10-12(13)14(22)20-17(15(23)24)6-2-1-3-7-17/h4-5,10H,1-3,6-9H2,(H,19,25)(H,20,22)(H,23,24). The van der Waals surface area contributed by atoms with E-state index in [2.05, 4.69) is 10.6 Å². The third-order valence-corrected chi connectivity index (χ3v) is 5.16. The minimum Gasteiger partial charge on any atom is -0.480 e. The summed E-state index contributed by atoms with van der Waals surface area (Å²) in [6.45, 7) is 1.03. The quantitative estimate of drug-likeness (QED) is 0.762. The number of nitrogens with zero attached hydrogens (tertiary/aromatic N) is 1. The Kier molecular flexibility index (Phi) is 4.85. The van der Waals surface area contributed by atoms with Gasteiger partial charge in [-0.25, -0.2) is 9.59 Å². The molecule has 1 aliphatic carbocycles. The zero-order valence-electron chi connectivity index (χ0n) is 13.7. The van der Waals surface area contributed by atoms with E-state index < -0.39 is 17.4 Å². The van der Waals surface area contributed by atoms with E-state index in [1.807, 2.05) is 0 Å². The molecule has 0 aromatic heterocycles. The molecule has 3 N–H and O–H groups in total. The largest absolute Gasteiger partial charge is 0.480 e. The Morgan fingerprint density at radius 3 is 2.56 bits per heavy atom. The van der Waals surface area contributed by atoms with Gasteiger partial charge in [0.25, 0.3) is 5.91 Å². The highest BCUT2D eigenvalue weighted by Gasteiger charge is 2.41. The van der Waals surface area contributed by atoms with Crippen molar-refractivity contribution in [2.24, 2.45) is 0 Å². The Morgan fingerprint density at radius 2 is 1.96 bits per heavy atom. The molecule has 2 fully saturated rings. The summed E-state index contributed by atoms with van der Waals surface area (Å²) in [7, 11) is 0. The van der Waals surface area contributed by atoms with Gasteiger partial charge in [-0.3, -0.25) is 9.69 Å². The van der Waals surface area contributed by atoms with Crippen molar-refractivity contribution in [3.8, 4) is 0 Å². The molecule has 1 aliphatic heterocycles. The molecule has 7 nitrogen and oxygen atoms in total. The predicted octanol–water partition coefficient (Wildman–Crippen LogP) is 2.39. The molecule has 1 aromatic carbocycles. The number of nitrogens with one attached hydrogen (secondary N) is 2. The van der Waals surface area contributed by atoms with E-state index in [0.29, 0.717) is 31.6 Å². The Labute approximate surface area is 150 Å². The fourth-order valence-electron chi connectivity index (χ4n) is 3.41. The van der Waals surface area contributed by atoms with Crippen molar-refractivity contribution in [1.29, 1.82) is 0 Å². The Morgan fingerprint density at radius 1 is 1.24 bits per heavy atom. The number of hydrogen-bond acceptors (Lipinski definition) is 3. The molecule has 1 heterocycles. The van der Waals surface area contributed by atoms with Gasteiger partial charge in [0.15, 0.2) is 0 Å². The van der Waals surface area contributed by atoms with Crippen LogP contribution in [0.2, 0.25) is 5.02 Å². The molecule has 25 heavy (non-hydrogen) atoms. The normalized spacial score (nSPS) is 19.4. The number of amides is 3. The molecule has 0 bridgehead atoms. The van der Waals surface area contributed by atoms with Gasteiger partial charge in [0.2, 0.25) is 0 Å². The fourth-order valence-corrected chi connectivity index (χ4v) is 3.61. The fraction of sp³-hybridized carbons (Fsp3) is 0.471. The molecule has 0 unspecified atom stereocenters. The summed E-state index contributed by atoms with van der Waals surface area (Å²) in [4.78, 5) is 37.8. The lowest BCUT2D eigenvalue weighted by molar-refractivity contribution is -0.145. The van der Waals surface area contributed by atoms with Gasteiger partial charge in [-0.2, -0.15) is 0 Å². The number of carbonyl (C=O) groups excluding carboxylic acids is 2. The number of urea groups is 1. The second kappa shape index (κ2) is 6.92. The van der Waals surface area contributed by atoms with Crippen molar-refractivity contribution >= 4 is 35.2 Å². The van der Waals surface area contributed by atoms with E-state index in [9.17, 15) is 19.5 Å². The van der Waals surface area contributed by atoms with Gasteiger partial charge in [0.05, 0.1) is 10.6 Å². The molecule has 0 radical (unpaired) electrons. The number of halogens is 1. The van der Waals surface area contributed by atoms with Crippen LogP contribution in [-0.2, 0) is 4.79 Å².